The van der Waals surface area contributed by atoms with E-state index in [0.29, 0.717) is 28.9 Å². The fourth-order valence-electron chi connectivity index (χ4n) is 2.52. The van der Waals surface area contributed by atoms with Gasteiger partial charge in [0.25, 0.3) is 5.91 Å². The van der Waals surface area contributed by atoms with Gasteiger partial charge in [-0.3, -0.25) is 9.59 Å². The van der Waals surface area contributed by atoms with E-state index in [1.54, 1.807) is 50.2 Å². The molecular formula is C21H23ClN2O3. The van der Waals surface area contributed by atoms with E-state index in [1.165, 1.54) is 0 Å². The molecule has 0 radical (unpaired) electrons. The quantitative estimate of drug-likeness (QED) is 0.756. The Balaban J connectivity index is 1.55. The number of anilines is 1. The molecule has 1 aliphatic carbocycles. The Bertz CT molecular complexity index is 812. The summed E-state index contributed by atoms with van der Waals surface area (Å²) in [6.45, 7) is 3.40. The van der Waals surface area contributed by atoms with Crippen LogP contribution < -0.4 is 15.4 Å². The lowest BCUT2D eigenvalue weighted by Crippen LogP contribution is -2.42. The average Bonchev–Trinajstić information content (AvgIpc) is 3.42. The summed E-state index contributed by atoms with van der Waals surface area (Å²) >= 11 is 5.86. The summed E-state index contributed by atoms with van der Waals surface area (Å²) in [7, 11) is 0. The second-order valence-electron chi connectivity index (χ2n) is 7.24. The molecule has 2 aromatic rings. The number of carbonyl (C=O) groups is 2. The van der Waals surface area contributed by atoms with Crippen molar-refractivity contribution in [1.29, 1.82) is 0 Å². The van der Waals surface area contributed by atoms with Crippen molar-refractivity contribution in [2.75, 3.05) is 5.32 Å². The molecule has 6 heteroatoms. The second kappa shape index (κ2) is 8.01. The third-order valence-corrected chi connectivity index (χ3v) is 4.50. The Hall–Kier alpha value is -2.53. The Morgan fingerprint density at radius 3 is 2.30 bits per heavy atom. The van der Waals surface area contributed by atoms with Crippen LogP contribution in [0.1, 0.15) is 32.3 Å². The van der Waals surface area contributed by atoms with E-state index in [9.17, 15) is 9.59 Å². The lowest BCUT2D eigenvalue weighted by molar-refractivity contribution is -0.128. The van der Waals surface area contributed by atoms with Crippen molar-refractivity contribution in [3.05, 3.63) is 59.1 Å². The molecule has 0 aromatic heterocycles. The summed E-state index contributed by atoms with van der Waals surface area (Å²) < 4.78 is 5.79. The van der Waals surface area contributed by atoms with E-state index in [4.69, 9.17) is 16.3 Å². The molecule has 0 aliphatic heterocycles. The van der Waals surface area contributed by atoms with E-state index in [-0.39, 0.29) is 11.8 Å². The fourth-order valence-corrected chi connectivity index (χ4v) is 2.65. The van der Waals surface area contributed by atoms with Crippen molar-refractivity contribution in [1.82, 2.24) is 5.32 Å². The SMILES string of the molecule is CC(C)(Oc1ccc(Cl)cc1)C(=O)Nc1ccc(CC(=O)NC2CC2)cc1. The number of benzene rings is 2. The Labute approximate surface area is 164 Å². The third kappa shape index (κ3) is 5.73. The first-order valence-corrected chi connectivity index (χ1v) is 9.34. The molecule has 1 saturated carbocycles. The summed E-state index contributed by atoms with van der Waals surface area (Å²) in [5, 5.41) is 6.42. The zero-order chi connectivity index (χ0) is 19.4. The number of carbonyl (C=O) groups excluding carboxylic acids is 2. The average molecular weight is 387 g/mol. The van der Waals surface area contributed by atoms with Crippen LogP contribution in [-0.2, 0) is 16.0 Å². The minimum absolute atomic E-state index is 0.0341. The molecule has 1 fully saturated rings. The molecule has 0 heterocycles. The van der Waals surface area contributed by atoms with Gasteiger partial charge in [0.15, 0.2) is 5.60 Å². The molecule has 0 atom stereocenters. The van der Waals surface area contributed by atoms with Gasteiger partial charge in [-0.15, -0.1) is 0 Å². The van der Waals surface area contributed by atoms with Gasteiger partial charge in [-0.1, -0.05) is 23.7 Å². The lowest BCUT2D eigenvalue weighted by Gasteiger charge is -2.25. The van der Waals surface area contributed by atoms with E-state index in [0.717, 1.165) is 18.4 Å². The summed E-state index contributed by atoms with van der Waals surface area (Å²) in [6, 6.07) is 14.5. The maximum atomic E-state index is 12.6. The lowest BCUT2D eigenvalue weighted by atomic mass is 10.1. The molecular weight excluding hydrogens is 364 g/mol. The van der Waals surface area contributed by atoms with Crippen LogP contribution >= 0.6 is 11.6 Å². The van der Waals surface area contributed by atoms with Gasteiger partial charge < -0.3 is 15.4 Å². The van der Waals surface area contributed by atoms with Gasteiger partial charge in [0, 0.05) is 16.8 Å². The van der Waals surface area contributed by atoms with Gasteiger partial charge in [-0.2, -0.15) is 0 Å². The molecule has 0 spiro atoms. The fraction of sp³-hybridized carbons (Fsp3) is 0.333. The Morgan fingerprint density at radius 1 is 1.07 bits per heavy atom. The van der Waals surface area contributed by atoms with Crippen LogP contribution in [0.3, 0.4) is 0 Å². The summed E-state index contributed by atoms with van der Waals surface area (Å²) in [5.74, 6) is 0.333. The topological polar surface area (TPSA) is 67.4 Å². The highest BCUT2D eigenvalue weighted by Gasteiger charge is 2.30. The van der Waals surface area contributed by atoms with Crippen LogP contribution in [0.15, 0.2) is 48.5 Å². The van der Waals surface area contributed by atoms with Gasteiger partial charge in [-0.25, -0.2) is 0 Å². The van der Waals surface area contributed by atoms with Crippen LogP contribution in [-0.4, -0.2) is 23.5 Å². The predicted molar refractivity (Wildman–Crippen MR) is 106 cm³/mol. The Morgan fingerprint density at radius 2 is 1.70 bits per heavy atom. The van der Waals surface area contributed by atoms with Crippen LogP contribution in [0.2, 0.25) is 5.02 Å². The van der Waals surface area contributed by atoms with Crippen molar-refractivity contribution in [3.8, 4) is 5.75 Å². The number of hydrogen-bond donors (Lipinski definition) is 2. The zero-order valence-corrected chi connectivity index (χ0v) is 16.2. The van der Waals surface area contributed by atoms with E-state index in [2.05, 4.69) is 10.6 Å². The molecule has 0 saturated heterocycles. The Kier molecular flexibility index (Phi) is 5.71. The van der Waals surface area contributed by atoms with Gasteiger partial charge in [0.2, 0.25) is 5.91 Å². The second-order valence-corrected chi connectivity index (χ2v) is 7.67. The largest absolute Gasteiger partial charge is 0.478 e. The van der Waals surface area contributed by atoms with E-state index >= 15 is 0 Å². The highest BCUT2D eigenvalue weighted by atomic mass is 35.5. The smallest absolute Gasteiger partial charge is 0.267 e. The minimum atomic E-state index is -1.06. The first-order chi connectivity index (χ1) is 12.8. The molecule has 0 bridgehead atoms. The molecule has 27 heavy (non-hydrogen) atoms. The summed E-state index contributed by atoms with van der Waals surface area (Å²) in [4.78, 5) is 24.4. The molecule has 0 unspecified atom stereocenters. The highest BCUT2D eigenvalue weighted by Crippen LogP contribution is 2.22. The molecule has 2 N–H and O–H groups in total. The maximum Gasteiger partial charge on any atom is 0.267 e. The van der Waals surface area contributed by atoms with E-state index < -0.39 is 5.60 Å². The van der Waals surface area contributed by atoms with Gasteiger partial charge >= 0.3 is 0 Å². The van der Waals surface area contributed by atoms with Crippen molar-refractivity contribution in [2.24, 2.45) is 0 Å². The van der Waals surface area contributed by atoms with Crippen LogP contribution in [0.25, 0.3) is 0 Å². The normalized spacial score (nSPS) is 13.7. The number of halogens is 1. The summed E-state index contributed by atoms with van der Waals surface area (Å²) in [5.41, 5.74) is 0.498. The predicted octanol–water partition coefficient (Wildman–Crippen LogP) is 3.96. The van der Waals surface area contributed by atoms with Gasteiger partial charge in [-0.05, 0) is 68.7 Å². The summed E-state index contributed by atoms with van der Waals surface area (Å²) in [6.07, 6.45) is 2.49. The molecule has 142 valence electrons. The number of ether oxygens (including phenoxy) is 1. The van der Waals surface area contributed by atoms with Crippen LogP contribution in [0, 0.1) is 0 Å². The van der Waals surface area contributed by atoms with Gasteiger partial charge in [0.1, 0.15) is 5.75 Å². The minimum Gasteiger partial charge on any atom is -0.478 e. The molecule has 3 rings (SSSR count). The van der Waals surface area contributed by atoms with Crippen LogP contribution in [0.5, 0.6) is 5.75 Å². The van der Waals surface area contributed by atoms with Crippen molar-refractivity contribution < 1.29 is 14.3 Å². The number of nitrogens with one attached hydrogen (secondary N) is 2. The first-order valence-electron chi connectivity index (χ1n) is 8.96. The zero-order valence-electron chi connectivity index (χ0n) is 15.4. The molecule has 2 amide bonds. The number of rotatable bonds is 7. The van der Waals surface area contributed by atoms with Crippen molar-refractivity contribution >= 4 is 29.1 Å². The molecule has 2 aromatic carbocycles. The van der Waals surface area contributed by atoms with Crippen LogP contribution in [0.4, 0.5) is 5.69 Å². The number of hydrogen-bond acceptors (Lipinski definition) is 3. The van der Waals surface area contributed by atoms with Gasteiger partial charge in [0.05, 0.1) is 6.42 Å². The molecule has 1 aliphatic rings. The van der Waals surface area contributed by atoms with Crippen molar-refractivity contribution in [2.45, 2.75) is 44.8 Å². The monoisotopic (exact) mass is 386 g/mol. The first kappa shape index (κ1) is 19.2. The van der Waals surface area contributed by atoms with E-state index in [1.807, 2.05) is 12.1 Å². The standard InChI is InChI=1S/C21H23ClN2O3/c1-21(2,27-18-11-5-15(22)6-12-18)20(26)24-17-7-3-14(4-8-17)13-19(25)23-16-9-10-16/h3-8,11-12,16H,9-10,13H2,1-2H3,(H,23,25)(H,24,26). The maximum absolute atomic E-state index is 12.6. The molecule has 5 nitrogen and oxygen atoms in total. The third-order valence-electron chi connectivity index (χ3n) is 4.25. The highest BCUT2D eigenvalue weighted by molar-refractivity contribution is 6.30. The van der Waals surface area contributed by atoms with Crippen molar-refractivity contribution in [3.63, 3.8) is 0 Å². The number of amides is 2.